The van der Waals surface area contributed by atoms with E-state index in [1.807, 2.05) is 4.90 Å². The van der Waals surface area contributed by atoms with Gasteiger partial charge in [-0.3, -0.25) is 4.79 Å². The van der Waals surface area contributed by atoms with E-state index in [9.17, 15) is 9.59 Å². The van der Waals surface area contributed by atoms with Crippen LogP contribution in [0.1, 0.15) is 32.6 Å². The van der Waals surface area contributed by atoms with Crippen molar-refractivity contribution >= 4 is 12.0 Å². The summed E-state index contributed by atoms with van der Waals surface area (Å²) in [5.74, 6) is -0.345. The fraction of sp³-hybridized carbons (Fsp3) is 0.818. The summed E-state index contributed by atoms with van der Waals surface area (Å²) in [4.78, 5) is 24.3. The van der Waals surface area contributed by atoms with Crippen molar-refractivity contribution in [1.29, 1.82) is 0 Å². The SMILES string of the molecule is C[C@H](NC(=O)N(CC1CC1)C1CC1)C(=O)O. The molecule has 2 N–H and O–H groups in total. The van der Waals surface area contributed by atoms with Crippen molar-refractivity contribution in [3.8, 4) is 0 Å². The van der Waals surface area contributed by atoms with Gasteiger partial charge in [0.25, 0.3) is 0 Å². The first-order chi connectivity index (χ1) is 7.58. The highest BCUT2D eigenvalue weighted by atomic mass is 16.4. The third kappa shape index (κ3) is 2.87. The highest BCUT2D eigenvalue weighted by Crippen LogP contribution is 2.34. The maximum absolute atomic E-state index is 11.9. The van der Waals surface area contributed by atoms with E-state index in [-0.39, 0.29) is 6.03 Å². The average Bonchev–Trinajstić information content (AvgIpc) is 3.06. The van der Waals surface area contributed by atoms with Crippen LogP contribution in [-0.4, -0.2) is 40.6 Å². The monoisotopic (exact) mass is 226 g/mol. The van der Waals surface area contributed by atoms with Gasteiger partial charge in [0.15, 0.2) is 0 Å². The number of carboxylic acids is 1. The summed E-state index contributed by atoms with van der Waals surface area (Å²) in [7, 11) is 0. The smallest absolute Gasteiger partial charge is 0.325 e. The number of nitrogens with zero attached hydrogens (tertiary/aromatic N) is 1. The topological polar surface area (TPSA) is 69.6 Å². The largest absolute Gasteiger partial charge is 0.480 e. The molecule has 2 aliphatic carbocycles. The zero-order valence-corrected chi connectivity index (χ0v) is 9.48. The van der Waals surface area contributed by atoms with E-state index in [1.165, 1.54) is 19.8 Å². The summed E-state index contributed by atoms with van der Waals surface area (Å²) in [6.07, 6.45) is 4.51. The van der Waals surface area contributed by atoms with Crippen LogP contribution in [0.5, 0.6) is 0 Å². The maximum atomic E-state index is 11.9. The molecule has 5 heteroatoms. The lowest BCUT2D eigenvalue weighted by Crippen LogP contribution is -2.48. The molecule has 0 saturated heterocycles. The lowest BCUT2D eigenvalue weighted by Gasteiger charge is -2.23. The van der Waals surface area contributed by atoms with Gasteiger partial charge in [0.2, 0.25) is 0 Å². The molecule has 2 rings (SSSR count). The molecule has 2 amide bonds. The molecule has 0 aromatic carbocycles. The van der Waals surface area contributed by atoms with Gasteiger partial charge in [-0.2, -0.15) is 0 Å². The van der Waals surface area contributed by atoms with Gasteiger partial charge in [-0.1, -0.05) is 0 Å². The Morgan fingerprint density at radius 2 is 2.00 bits per heavy atom. The molecule has 90 valence electrons. The van der Waals surface area contributed by atoms with E-state index in [0.717, 1.165) is 19.4 Å². The first-order valence-electron chi connectivity index (χ1n) is 5.88. The second-order valence-corrected chi connectivity index (χ2v) is 4.84. The van der Waals surface area contributed by atoms with Crippen molar-refractivity contribution in [3.63, 3.8) is 0 Å². The van der Waals surface area contributed by atoms with Gasteiger partial charge in [0, 0.05) is 12.6 Å². The average molecular weight is 226 g/mol. The first kappa shape index (κ1) is 11.2. The molecule has 16 heavy (non-hydrogen) atoms. The Labute approximate surface area is 94.8 Å². The second kappa shape index (κ2) is 4.31. The first-order valence-corrected chi connectivity index (χ1v) is 5.88. The number of hydrogen-bond acceptors (Lipinski definition) is 2. The molecule has 0 spiro atoms. The third-order valence-corrected chi connectivity index (χ3v) is 3.11. The zero-order chi connectivity index (χ0) is 11.7. The summed E-state index contributed by atoms with van der Waals surface area (Å²) in [6, 6.07) is -0.682. The molecule has 0 aromatic heterocycles. The van der Waals surface area contributed by atoms with Crippen molar-refractivity contribution in [2.75, 3.05) is 6.54 Å². The Kier molecular flexibility index (Phi) is 3.03. The Morgan fingerprint density at radius 3 is 2.44 bits per heavy atom. The maximum Gasteiger partial charge on any atom is 0.325 e. The Hall–Kier alpha value is -1.26. The van der Waals surface area contributed by atoms with Gasteiger partial charge in [-0.25, -0.2) is 4.79 Å². The Bertz CT molecular complexity index is 298. The quantitative estimate of drug-likeness (QED) is 0.736. The van der Waals surface area contributed by atoms with E-state index in [0.29, 0.717) is 12.0 Å². The molecule has 0 radical (unpaired) electrons. The number of carbonyl (C=O) groups excluding carboxylic acids is 1. The van der Waals surface area contributed by atoms with Crippen molar-refractivity contribution in [3.05, 3.63) is 0 Å². The molecule has 0 heterocycles. The Morgan fingerprint density at radius 1 is 1.38 bits per heavy atom. The molecule has 0 aliphatic heterocycles. The summed E-state index contributed by atoms with van der Waals surface area (Å²) in [6.45, 7) is 2.28. The van der Waals surface area contributed by atoms with E-state index < -0.39 is 12.0 Å². The van der Waals surface area contributed by atoms with Crippen molar-refractivity contribution in [2.45, 2.75) is 44.7 Å². The van der Waals surface area contributed by atoms with Crippen LogP contribution < -0.4 is 5.32 Å². The Balaban J connectivity index is 1.85. The lowest BCUT2D eigenvalue weighted by atomic mass is 10.3. The minimum atomic E-state index is -0.990. The zero-order valence-electron chi connectivity index (χ0n) is 9.48. The molecule has 5 nitrogen and oxygen atoms in total. The number of carboxylic acid groups (broad SMARTS) is 1. The third-order valence-electron chi connectivity index (χ3n) is 3.11. The van der Waals surface area contributed by atoms with Crippen LogP contribution in [0.2, 0.25) is 0 Å². The number of aliphatic carboxylic acids is 1. The fourth-order valence-electron chi connectivity index (χ4n) is 1.69. The van der Waals surface area contributed by atoms with Crippen molar-refractivity contribution in [1.82, 2.24) is 10.2 Å². The molecule has 0 aromatic rings. The number of urea groups is 1. The van der Waals surface area contributed by atoms with Gasteiger partial charge in [-0.05, 0) is 38.5 Å². The van der Waals surface area contributed by atoms with Crippen LogP contribution >= 0.6 is 0 Å². The highest BCUT2D eigenvalue weighted by molar-refractivity contribution is 5.82. The lowest BCUT2D eigenvalue weighted by molar-refractivity contribution is -0.138. The summed E-state index contributed by atoms with van der Waals surface area (Å²) >= 11 is 0. The van der Waals surface area contributed by atoms with E-state index in [4.69, 9.17) is 5.11 Å². The number of nitrogens with one attached hydrogen (secondary N) is 1. The van der Waals surface area contributed by atoms with Crippen LogP contribution in [0.4, 0.5) is 4.79 Å². The normalized spacial score (nSPS) is 21.3. The van der Waals surface area contributed by atoms with Crippen LogP contribution in [0.3, 0.4) is 0 Å². The molecule has 2 aliphatic rings. The van der Waals surface area contributed by atoms with Gasteiger partial charge >= 0.3 is 12.0 Å². The fourth-order valence-corrected chi connectivity index (χ4v) is 1.69. The molecule has 1 atom stereocenters. The van der Waals surface area contributed by atoms with E-state index in [1.54, 1.807) is 0 Å². The van der Waals surface area contributed by atoms with Crippen molar-refractivity contribution in [2.24, 2.45) is 5.92 Å². The minimum Gasteiger partial charge on any atom is -0.480 e. The standard InChI is InChI=1S/C11H18N2O3/c1-7(10(14)15)12-11(16)13(9-4-5-9)6-8-2-3-8/h7-9H,2-6H2,1H3,(H,12,16)(H,14,15)/t7-/m0/s1. The highest BCUT2D eigenvalue weighted by Gasteiger charge is 2.37. The van der Waals surface area contributed by atoms with Crippen LogP contribution in [0.15, 0.2) is 0 Å². The van der Waals surface area contributed by atoms with Gasteiger partial charge in [-0.15, -0.1) is 0 Å². The summed E-state index contributed by atoms with van der Waals surface area (Å²) in [5.41, 5.74) is 0. The van der Waals surface area contributed by atoms with Gasteiger partial charge < -0.3 is 15.3 Å². The molecule has 2 fully saturated rings. The molecule has 2 saturated carbocycles. The van der Waals surface area contributed by atoms with Crippen LogP contribution in [0, 0.1) is 5.92 Å². The van der Waals surface area contributed by atoms with Gasteiger partial charge in [0.05, 0.1) is 0 Å². The molecular formula is C11H18N2O3. The minimum absolute atomic E-state index is 0.218. The number of amides is 2. The van der Waals surface area contributed by atoms with Crippen LogP contribution in [0.25, 0.3) is 0 Å². The van der Waals surface area contributed by atoms with Gasteiger partial charge in [0.1, 0.15) is 6.04 Å². The van der Waals surface area contributed by atoms with E-state index >= 15 is 0 Å². The number of rotatable bonds is 5. The predicted octanol–water partition coefficient (Wildman–Crippen LogP) is 1.04. The molecule has 0 unspecified atom stereocenters. The van der Waals surface area contributed by atoms with Crippen LogP contribution in [-0.2, 0) is 4.79 Å². The van der Waals surface area contributed by atoms with E-state index in [2.05, 4.69) is 5.32 Å². The molecular weight excluding hydrogens is 208 g/mol. The summed E-state index contributed by atoms with van der Waals surface area (Å²) in [5, 5.41) is 11.2. The van der Waals surface area contributed by atoms with Crippen molar-refractivity contribution < 1.29 is 14.7 Å². The number of hydrogen-bond donors (Lipinski definition) is 2. The summed E-state index contributed by atoms with van der Waals surface area (Å²) < 4.78 is 0. The predicted molar refractivity (Wildman–Crippen MR) is 58.1 cm³/mol. The second-order valence-electron chi connectivity index (χ2n) is 4.84. The number of carbonyl (C=O) groups is 2. The molecule has 0 bridgehead atoms.